The Morgan fingerprint density at radius 1 is 1.20 bits per heavy atom. The first-order valence-corrected chi connectivity index (χ1v) is 10.2. The number of nitrogens with zero attached hydrogens (tertiary/aromatic N) is 1. The number of amides is 2. The van der Waals surface area contributed by atoms with E-state index in [1.165, 1.54) is 0 Å². The molecule has 0 aliphatic rings. The van der Waals surface area contributed by atoms with Gasteiger partial charge in [-0.25, -0.2) is 0 Å². The minimum Gasteiger partial charge on any atom is -0.395 e. The van der Waals surface area contributed by atoms with Crippen LogP contribution < -0.4 is 21.3 Å². The molecule has 0 aliphatic heterocycles. The number of nitrogens with one attached hydrogen (secondary N) is 3. The van der Waals surface area contributed by atoms with Crippen LogP contribution in [0, 0.1) is 5.41 Å². The Kier molecular flexibility index (Phi) is 8.37. The molecule has 2 aromatic rings. The van der Waals surface area contributed by atoms with Gasteiger partial charge < -0.3 is 26.4 Å². The number of hydrogen-bond donors (Lipinski definition) is 5. The SMILES string of the molecule is CC(NC(=O)CC(=O)Nc1ccc(C(=N)N)cc1)c1ccc(N(C)CCO)c(Br)c1. The number of carbonyl (C=O) groups is 2. The molecule has 0 saturated heterocycles. The number of halogens is 1. The quantitative estimate of drug-likeness (QED) is 0.215. The van der Waals surface area contributed by atoms with Crippen LogP contribution in [0.1, 0.15) is 30.5 Å². The summed E-state index contributed by atoms with van der Waals surface area (Å²) in [6.07, 6.45) is -0.308. The largest absolute Gasteiger partial charge is 0.395 e. The van der Waals surface area contributed by atoms with Crippen molar-refractivity contribution in [2.45, 2.75) is 19.4 Å². The van der Waals surface area contributed by atoms with E-state index in [4.69, 9.17) is 16.2 Å². The summed E-state index contributed by atoms with van der Waals surface area (Å²) in [4.78, 5) is 26.3. The van der Waals surface area contributed by atoms with E-state index in [9.17, 15) is 9.59 Å². The zero-order valence-electron chi connectivity index (χ0n) is 16.9. The molecule has 6 N–H and O–H groups in total. The van der Waals surface area contributed by atoms with E-state index in [0.29, 0.717) is 17.8 Å². The van der Waals surface area contributed by atoms with E-state index in [1.807, 2.05) is 37.1 Å². The van der Waals surface area contributed by atoms with Gasteiger partial charge in [-0.3, -0.25) is 15.0 Å². The van der Waals surface area contributed by atoms with Crippen LogP contribution in [-0.2, 0) is 9.59 Å². The van der Waals surface area contributed by atoms with E-state index in [-0.39, 0.29) is 24.9 Å². The number of likely N-dealkylation sites (N-methyl/N-ethyl adjacent to an activating group) is 1. The lowest BCUT2D eigenvalue weighted by Gasteiger charge is -2.21. The third-order valence-electron chi connectivity index (χ3n) is 4.50. The van der Waals surface area contributed by atoms with Crippen molar-refractivity contribution in [3.05, 3.63) is 58.1 Å². The van der Waals surface area contributed by atoms with Gasteiger partial charge >= 0.3 is 0 Å². The number of aliphatic hydroxyl groups is 1. The molecule has 0 spiro atoms. The molecule has 8 nitrogen and oxygen atoms in total. The van der Waals surface area contributed by atoms with E-state index < -0.39 is 11.8 Å². The summed E-state index contributed by atoms with van der Waals surface area (Å²) in [5.41, 5.74) is 8.30. The highest BCUT2D eigenvalue weighted by atomic mass is 79.9. The third-order valence-corrected chi connectivity index (χ3v) is 5.13. The van der Waals surface area contributed by atoms with Crippen molar-refractivity contribution in [1.82, 2.24) is 5.32 Å². The van der Waals surface area contributed by atoms with Gasteiger partial charge in [-0.05, 0) is 64.8 Å². The molecule has 0 saturated carbocycles. The van der Waals surface area contributed by atoms with Gasteiger partial charge in [0.25, 0.3) is 0 Å². The normalized spacial score (nSPS) is 11.5. The molecule has 2 aromatic carbocycles. The van der Waals surface area contributed by atoms with Crippen molar-refractivity contribution in [1.29, 1.82) is 5.41 Å². The predicted molar refractivity (Wildman–Crippen MR) is 122 cm³/mol. The predicted octanol–water partition coefficient (Wildman–Crippen LogP) is 2.37. The van der Waals surface area contributed by atoms with E-state index in [1.54, 1.807) is 24.3 Å². The number of nitrogen functional groups attached to an aromatic ring is 1. The van der Waals surface area contributed by atoms with Crippen molar-refractivity contribution >= 4 is 45.0 Å². The zero-order valence-corrected chi connectivity index (χ0v) is 18.5. The molecule has 0 fully saturated rings. The first-order chi connectivity index (χ1) is 14.2. The van der Waals surface area contributed by atoms with Gasteiger partial charge in [0.1, 0.15) is 12.3 Å². The van der Waals surface area contributed by atoms with Crippen molar-refractivity contribution in [3.8, 4) is 0 Å². The lowest BCUT2D eigenvalue weighted by molar-refractivity contribution is -0.127. The number of anilines is 2. The van der Waals surface area contributed by atoms with Gasteiger partial charge in [0.15, 0.2) is 0 Å². The lowest BCUT2D eigenvalue weighted by Crippen LogP contribution is -2.30. The Hall–Kier alpha value is -2.91. The van der Waals surface area contributed by atoms with E-state index >= 15 is 0 Å². The smallest absolute Gasteiger partial charge is 0.233 e. The Labute approximate surface area is 184 Å². The second-order valence-electron chi connectivity index (χ2n) is 6.86. The van der Waals surface area contributed by atoms with Gasteiger partial charge in [-0.1, -0.05) is 6.07 Å². The maximum absolute atomic E-state index is 12.3. The molecule has 1 atom stereocenters. The van der Waals surface area contributed by atoms with Gasteiger partial charge in [-0.15, -0.1) is 0 Å². The Morgan fingerprint density at radius 3 is 2.43 bits per heavy atom. The maximum Gasteiger partial charge on any atom is 0.233 e. The minimum atomic E-state index is -0.433. The Morgan fingerprint density at radius 2 is 1.87 bits per heavy atom. The molecular weight excluding hydrogens is 450 g/mol. The van der Waals surface area contributed by atoms with E-state index in [2.05, 4.69) is 26.6 Å². The first-order valence-electron chi connectivity index (χ1n) is 9.36. The highest BCUT2D eigenvalue weighted by Gasteiger charge is 2.15. The van der Waals surface area contributed by atoms with E-state index in [0.717, 1.165) is 15.7 Å². The highest BCUT2D eigenvalue weighted by molar-refractivity contribution is 9.10. The molecule has 0 bridgehead atoms. The summed E-state index contributed by atoms with van der Waals surface area (Å²) in [7, 11) is 1.88. The van der Waals surface area contributed by atoms with Crippen LogP contribution in [0.5, 0.6) is 0 Å². The third kappa shape index (κ3) is 6.57. The number of aliphatic hydroxyl groups excluding tert-OH is 1. The summed E-state index contributed by atoms with van der Waals surface area (Å²) in [6.45, 7) is 2.41. The van der Waals surface area contributed by atoms with Gasteiger partial charge in [0.2, 0.25) is 11.8 Å². The second kappa shape index (κ2) is 10.7. The Bertz CT molecular complexity index is 917. The van der Waals surface area contributed by atoms with Gasteiger partial charge in [0, 0.05) is 29.3 Å². The molecule has 2 rings (SSSR count). The minimum absolute atomic E-state index is 0.0547. The topological polar surface area (TPSA) is 132 Å². The maximum atomic E-state index is 12.3. The van der Waals surface area contributed by atoms with Crippen LogP contribution in [0.25, 0.3) is 0 Å². The molecule has 0 heterocycles. The second-order valence-corrected chi connectivity index (χ2v) is 7.72. The number of amidine groups is 1. The van der Waals surface area contributed by atoms with Crippen LogP contribution in [0.2, 0.25) is 0 Å². The van der Waals surface area contributed by atoms with Crippen LogP contribution in [0.4, 0.5) is 11.4 Å². The molecule has 2 amide bonds. The fourth-order valence-electron chi connectivity index (χ4n) is 2.83. The fourth-order valence-corrected chi connectivity index (χ4v) is 3.53. The molecular formula is C21H26BrN5O3. The standard InChI is InChI=1S/C21H26BrN5O3/c1-13(15-5-8-18(17(22)11-15)27(2)9-10-28)25-19(29)12-20(30)26-16-6-3-14(4-7-16)21(23)24/h3-8,11,13,28H,9-10,12H2,1-2H3,(H3,23,24)(H,25,29)(H,26,30). The average molecular weight is 476 g/mol. The summed E-state index contributed by atoms with van der Waals surface area (Å²) in [6, 6.07) is 11.9. The number of carbonyl (C=O) groups excluding carboxylic acids is 2. The molecule has 160 valence electrons. The number of hydrogen-bond acceptors (Lipinski definition) is 5. The number of benzene rings is 2. The van der Waals surface area contributed by atoms with Crippen LogP contribution in [0.3, 0.4) is 0 Å². The fraction of sp³-hybridized carbons (Fsp3) is 0.286. The van der Waals surface area contributed by atoms with Gasteiger partial charge in [-0.2, -0.15) is 0 Å². The summed E-state index contributed by atoms with van der Waals surface area (Å²) < 4.78 is 0.851. The van der Waals surface area contributed by atoms with Crippen molar-refractivity contribution in [3.63, 3.8) is 0 Å². The zero-order chi connectivity index (χ0) is 22.3. The van der Waals surface area contributed by atoms with Gasteiger partial charge in [0.05, 0.1) is 18.3 Å². The molecule has 9 heteroatoms. The monoisotopic (exact) mass is 475 g/mol. The molecule has 0 aliphatic carbocycles. The molecule has 0 radical (unpaired) electrons. The highest BCUT2D eigenvalue weighted by Crippen LogP contribution is 2.28. The number of nitrogens with two attached hydrogens (primary N) is 1. The van der Waals surface area contributed by atoms with Crippen molar-refractivity contribution in [2.24, 2.45) is 5.73 Å². The number of rotatable bonds is 9. The summed E-state index contributed by atoms with van der Waals surface area (Å²) >= 11 is 3.52. The molecule has 1 unspecified atom stereocenters. The average Bonchev–Trinajstić information content (AvgIpc) is 2.68. The van der Waals surface area contributed by atoms with Crippen molar-refractivity contribution in [2.75, 3.05) is 30.4 Å². The molecule has 0 aromatic heterocycles. The summed E-state index contributed by atoms with van der Waals surface area (Å²) in [5, 5.41) is 21.9. The molecule has 30 heavy (non-hydrogen) atoms. The first kappa shape index (κ1) is 23.4. The summed E-state index contributed by atoms with van der Waals surface area (Å²) in [5.74, 6) is -0.878. The lowest BCUT2D eigenvalue weighted by atomic mass is 10.1. The van der Waals surface area contributed by atoms with Crippen LogP contribution in [0.15, 0.2) is 46.9 Å². The Balaban J connectivity index is 1.91. The van der Waals surface area contributed by atoms with Crippen LogP contribution in [-0.4, -0.2) is 43.0 Å². The van der Waals surface area contributed by atoms with Crippen LogP contribution >= 0.6 is 15.9 Å². The van der Waals surface area contributed by atoms with Crippen molar-refractivity contribution < 1.29 is 14.7 Å².